The number of hydrogen-bond acceptors (Lipinski definition) is 2. The molecule has 2 heteroatoms. The molecule has 20 heavy (non-hydrogen) atoms. The minimum Gasteiger partial charge on any atom is -0.507 e. The van der Waals surface area contributed by atoms with Crippen molar-refractivity contribution in [3.05, 3.63) is 58.7 Å². The third kappa shape index (κ3) is 3.13. The minimum absolute atomic E-state index is 0.399. The van der Waals surface area contributed by atoms with Crippen LogP contribution in [0.5, 0.6) is 5.75 Å². The molecular formula is C18H23NO. The van der Waals surface area contributed by atoms with E-state index in [0.29, 0.717) is 11.7 Å². The zero-order valence-electron chi connectivity index (χ0n) is 12.7. The lowest BCUT2D eigenvalue weighted by Gasteiger charge is -2.15. The highest BCUT2D eigenvalue weighted by atomic mass is 16.3. The average Bonchev–Trinajstić information content (AvgIpc) is 2.42. The fourth-order valence-corrected chi connectivity index (χ4v) is 2.51. The first-order valence-electron chi connectivity index (χ1n) is 7.11. The highest BCUT2D eigenvalue weighted by molar-refractivity contribution is 5.53. The van der Waals surface area contributed by atoms with E-state index in [2.05, 4.69) is 43.4 Å². The Kier molecular flexibility index (Phi) is 4.33. The van der Waals surface area contributed by atoms with E-state index in [1.165, 1.54) is 16.8 Å². The highest BCUT2D eigenvalue weighted by Gasteiger charge is 2.07. The highest BCUT2D eigenvalue weighted by Crippen LogP contribution is 2.26. The zero-order chi connectivity index (χ0) is 14.7. The summed E-state index contributed by atoms with van der Waals surface area (Å²) in [6.45, 7) is 9.05. The normalized spacial score (nSPS) is 10.8. The summed E-state index contributed by atoms with van der Waals surface area (Å²) in [6.07, 6.45) is 0. The van der Waals surface area contributed by atoms with Gasteiger partial charge >= 0.3 is 0 Å². The van der Waals surface area contributed by atoms with Crippen LogP contribution in [0, 0.1) is 13.8 Å². The molecule has 0 atom stereocenters. The molecule has 0 radical (unpaired) electrons. The van der Waals surface area contributed by atoms with Gasteiger partial charge in [0.2, 0.25) is 0 Å². The molecule has 2 N–H and O–H groups in total. The van der Waals surface area contributed by atoms with Gasteiger partial charge in [0.25, 0.3) is 0 Å². The van der Waals surface area contributed by atoms with Crippen molar-refractivity contribution in [3.8, 4) is 5.75 Å². The van der Waals surface area contributed by atoms with Gasteiger partial charge in [-0.15, -0.1) is 0 Å². The molecule has 0 spiro atoms. The molecule has 0 heterocycles. The van der Waals surface area contributed by atoms with Crippen LogP contribution < -0.4 is 5.32 Å². The molecule has 0 amide bonds. The summed E-state index contributed by atoms with van der Waals surface area (Å²) < 4.78 is 0. The predicted molar refractivity (Wildman–Crippen MR) is 85.4 cm³/mol. The van der Waals surface area contributed by atoms with Gasteiger partial charge in [0.05, 0.1) is 0 Å². The second-order valence-corrected chi connectivity index (χ2v) is 5.67. The monoisotopic (exact) mass is 269 g/mol. The number of phenolic OH excluding ortho intramolecular Hbond substituents is 1. The second-order valence-electron chi connectivity index (χ2n) is 5.67. The van der Waals surface area contributed by atoms with E-state index in [1.54, 1.807) is 0 Å². The van der Waals surface area contributed by atoms with Gasteiger partial charge in [-0.1, -0.05) is 44.2 Å². The molecule has 2 nitrogen and oxygen atoms in total. The lowest BCUT2D eigenvalue weighted by atomic mass is 10.0. The fourth-order valence-electron chi connectivity index (χ4n) is 2.51. The van der Waals surface area contributed by atoms with Crippen LogP contribution in [0.2, 0.25) is 0 Å². The Morgan fingerprint density at radius 2 is 1.65 bits per heavy atom. The maximum atomic E-state index is 9.81. The van der Waals surface area contributed by atoms with Gasteiger partial charge in [-0.25, -0.2) is 0 Å². The summed E-state index contributed by atoms with van der Waals surface area (Å²) in [7, 11) is 0. The molecule has 0 unspecified atom stereocenters. The summed E-state index contributed by atoms with van der Waals surface area (Å²) >= 11 is 0. The van der Waals surface area contributed by atoms with Crippen LogP contribution in [0.1, 0.15) is 42.0 Å². The van der Waals surface area contributed by atoms with Crippen molar-refractivity contribution in [2.24, 2.45) is 0 Å². The molecule has 2 aromatic rings. The third-order valence-corrected chi connectivity index (χ3v) is 3.62. The number of benzene rings is 2. The van der Waals surface area contributed by atoms with Crippen molar-refractivity contribution >= 4 is 5.69 Å². The lowest BCUT2D eigenvalue weighted by molar-refractivity contribution is 0.466. The number of aryl methyl sites for hydroxylation is 2. The molecule has 106 valence electrons. The molecule has 0 saturated carbocycles. The molecule has 0 bridgehead atoms. The van der Waals surface area contributed by atoms with E-state index in [-0.39, 0.29) is 0 Å². The molecule has 2 rings (SSSR count). The number of para-hydroxylation sites is 1. The summed E-state index contributed by atoms with van der Waals surface area (Å²) in [5.74, 6) is 0.901. The van der Waals surface area contributed by atoms with Crippen LogP contribution in [0.4, 0.5) is 5.69 Å². The largest absolute Gasteiger partial charge is 0.507 e. The molecule has 0 aliphatic rings. The van der Waals surface area contributed by atoms with Crippen molar-refractivity contribution < 1.29 is 5.11 Å². The van der Waals surface area contributed by atoms with Gasteiger partial charge in [0.1, 0.15) is 5.75 Å². The smallest absolute Gasteiger partial charge is 0.121 e. The number of nitrogens with one attached hydrogen (secondary N) is 1. The first-order chi connectivity index (χ1) is 9.49. The van der Waals surface area contributed by atoms with Gasteiger partial charge in [-0.05, 0) is 48.1 Å². The van der Waals surface area contributed by atoms with Crippen LogP contribution in [0.25, 0.3) is 0 Å². The van der Waals surface area contributed by atoms with Crippen LogP contribution in [-0.2, 0) is 6.54 Å². The van der Waals surface area contributed by atoms with Crippen LogP contribution in [0.3, 0.4) is 0 Å². The number of hydrogen-bond donors (Lipinski definition) is 2. The maximum Gasteiger partial charge on any atom is 0.121 e. The molecule has 2 aromatic carbocycles. The van der Waals surface area contributed by atoms with Gasteiger partial charge in [0.15, 0.2) is 0 Å². The molecule has 0 saturated heterocycles. The standard InChI is InChI=1S/C18H23NO/c1-12(2)16-7-5-6-8-17(16)19-11-15-9-13(3)18(20)14(4)10-15/h5-10,12,19-20H,11H2,1-4H3. The van der Waals surface area contributed by atoms with Crippen LogP contribution in [0.15, 0.2) is 36.4 Å². The fraction of sp³-hybridized carbons (Fsp3) is 0.333. The van der Waals surface area contributed by atoms with Crippen molar-refractivity contribution in [1.29, 1.82) is 0 Å². The Bertz CT molecular complexity index is 579. The lowest BCUT2D eigenvalue weighted by Crippen LogP contribution is -2.04. The SMILES string of the molecule is Cc1cc(CNc2ccccc2C(C)C)cc(C)c1O. The zero-order valence-corrected chi connectivity index (χ0v) is 12.7. The van der Waals surface area contributed by atoms with Crippen LogP contribution in [-0.4, -0.2) is 5.11 Å². The summed E-state index contributed by atoms with van der Waals surface area (Å²) in [5, 5.41) is 13.3. The van der Waals surface area contributed by atoms with Gasteiger partial charge in [0, 0.05) is 12.2 Å². The van der Waals surface area contributed by atoms with Gasteiger partial charge < -0.3 is 10.4 Å². The first-order valence-corrected chi connectivity index (χ1v) is 7.11. The Labute approximate surface area is 121 Å². The van der Waals surface area contributed by atoms with E-state index in [9.17, 15) is 5.11 Å². The molecule has 0 aliphatic heterocycles. The summed E-state index contributed by atoms with van der Waals surface area (Å²) in [4.78, 5) is 0. The van der Waals surface area contributed by atoms with E-state index in [0.717, 1.165) is 17.7 Å². The number of phenols is 1. The van der Waals surface area contributed by atoms with Crippen LogP contribution >= 0.6 is 0 Å². The quantitative estimate of drug-likeness (QED) is 0.840. The maximum absolute atomic E-state index is 9.81. The number of rotatable bonds is 4. The third-order valence-electron chi connectivity index (χ3n) is 3.62. The molecule has 0 aromatic heterocycles. The Morgan fingerprint density at radius 1 is 1.05 bits per heavy atom. The van der Waals surface area contributed by atoms with Crippen molar-refractivity contribution in [1.82, 2.24) is 0 Å². The minimum atomic E-state index is 0.399. The average molecular weight is 269 g/mol. The Morgan fingerprint density at radius 3 is 2.25 bits per heavy atom. The molecular weight excluding hydrogens is 246 g/mol. The Balaban J connectivity index is 2.17. The Hall–Kier alpha value is -1.96. The number of aromatic hydroxyl groups is 1. The number of anilines is 1. The van der Waals surface area contributed by atoms with Gasteiger partial charge in [-0.3, -0.25) is 0 Å². The van der Waals surface area contributed by atoms with E-state index in [4.69, 9.17) is 0 Å². The first kappa shape index (κ1) is 14.4. The van der Waals surface area contributed by atoms with Crippen molar-refractivity contribution in [2.75, 3.05) is 5.32 Å². The predicted octanol–water partition coefficient (Wildman–Crippen LogP) is 4.74. The second kappa shape index (κ2) is 6.00. The van der Waals surface area contributed by atoms with Crippen molar-refractivity contribution in [3.63, 3.8) is 0 Å². The van der Waals surface area contributed by atoms with E-state index < -0.39 is 0 Å². The van der Waals surface area contributed by atoms with E-state index in [1.807, 2.05) is 26.0 Å². The molecule has 0 aliphatic carbocycles. The van der Waals surface area contributed by atoms with Crippen molar-refractivity contribution in [2.45, 2.75) is 40.2 Å². The summed E-state index contributed by atoms with van der Waals surface area (Å²) in [6, 6.07) is 12.5. The topological polar surface area (TPSA) is 32.3 Å². The van der Waals surface area contributed by atoms with Gasteiger partial charge in [-0.2, -0.15) is 0 Å². The summed E-state index contributed by atoms with van der Waals surface area (Å²) in [5.41, 5.74) is 5.57. The van der Waals surface area contributed by atoms with E-state index >= 15 is 0 Å². The molecule has 0 fully saturated rings.